The first-order chi connectivity index (χ1) is 10.2. The van der Waals surface area contributed by atoms with E-state index in [0.717, 1.165) is 19.1 Å². The van der Waals surface area contributed by atoms with E-state index < -0.39 is 0 Å². The molecule has 1 saturated heterocycles. The molecular weight excluding hydrogens is 266 g/mol. The quantitative estimate of drug-likeness (QED) is 0.806. The van der Waals surface area contributed by atoms with Crippen molar-refractivity contribution in [2.75, 3.05) is 32.5 Å². The topological polar surface area (TPSA) is 67.6 Å². The lowest BCUT2D eigenvalue weighted by Gasteiger charge is -2.15. The number of ether oxygens (including phenoxy) is 1. The Kier molecular flexibility index (Phi) is 4.01. The predicted octanol–water partition coefficient (Wildman–Crippen LogP) is 1.49. The highest BCUT2D eigenvalue weighted by molar-refractivity contribution is 5.95. The maximum absolute atomic E-state index is 12.2. The van der Waals surface area contributed by atoms with Crippen molar-refractivity contribution in [3.05, 3.63) is 23.8 Å². The summed E-state index contributed by atoms with van der Waals surface area (Å²) in [6.07, 6.45) is 3.89. The standard InChI is InChI=1S/C16H23N3O2/c1-21-15-8-12(2-5-14(15)17)16(20)18-9-11-6-7-19(10-11)13-3-4-13/h2,5,8,11,13H,3-4,6-7,9-10,17H2,1H3,(H,18,20). The van der Waals surface area contributed by atoms with E-state index in [1.54, 1.807) is 25.3 Å². The largest absolute Gasteiger partial charge is 0.495 e. The number of methoxy groups -OCH3 is 1. The normalized spacial score (nSPS) is 22.2. The van der Waals surface area contributed by atoms with E-state index in [2.05, 4.69) is 10.2 Å². The van der Waals surface area contributed by atoms with Crippen molar-refractivity contribution in [2.24, 2.45) is 5.92 Å². The molecule has 0 aromatic heterocycles. The molecule has 3 N–H and O–H groups in total. The summed E-state index contributed by atoms with van der Waals surface area (Å²) in [6.45, 7) is 3.05. The number of amides is 1. The van der Waals surface area contributed by atoms with Crippen molar-refractivity contribution in [2.45, 2.75) is 25.3 Å². The maximum Gasteiger partial charge on any atom is 0.251 e. The number of hydrogen-bond donors (Lipinski definition) is 2. The van der Waals surface area contributed by atoms with Crippen molar-refractivity contribution < 1.29 is 9.53 Å². The first kappa shape index (κ1) is 14.2. The van der Waals surface area contributed by atoms with E-state index >= 15 is 0 Å². The van der Waals surface area contributed by atoms with Crippen molar-refractivity contribution in [1.29, 1.82) is 0 Å². The van der Waals surface area contributed by atoms with Crippen LogP contribution in [0.4, 0.5) is 5.69 Å². The summed E-state index contributed by atoms with van der Waals surface area (Å²) in [4.78, 5) is 14.7. The molecule has 0 spiro atoms. The van der Waals surface area contributed by atoms with E-state index in [1.165, 1.54) is 25.8 Å². The number of carbonyl (C=O) groups is 1. The van der Waals surface area contributed by atoms with Gasteiger partial charge in [-0.05, 0) is 49.9 Å². The van der Waals surface area contributed by atoms with E-state index in [1.807, 2.05) is 0 Å². The summed E-state index contributed by atoms with van der Waals surface area (Å²) < 4.78 is 5.15. The molecule has 3 rings (SSSR count). The molecule has 5 nitrogen and oxygen atoms in total. The van der Waals surface area contributed by atoms with E-state index in [-0.39, 0.29) is 5.91 Å². The molecule has 1 aromatic carbocycles. The van der Waals surface area contributed by atoms with Crippen LogP contribution in [0.2, 0.25) is 0 Å². The summed E-state index contributed by atoms with van der Waals surface area (Å²) in [5.74, 6) is 1.06. The van der Waals surface area contributed by atoms with Crippen LogP contribution in [0.15, 0.2) is 18.2 Å². The maximum atomic E-state index is 12.2. The molecule has 1 atom stereocenters. The highest BCUT2D eigenvalue weighted by atomic mass is 16.5. The van der Waals surface area contributed by atoms with Crippen molar-refractivity contribution in [1.82, 2.24) is 10.2 Å². The zero-order valence-electron chi connectivity index (χ0n) is 12.5. The number of nitrogen functional groups attached to an aromatic ring is 1. The van der Waals surface area contributed by atoms with Crippen LogP contribution in [0.5, 0.6) is 5.75 Å². The van der Waals surface area contributed by atoms with Gasteiger partial charge in [-0.2, -0.15) is 0 Å². The summed E-state index contributed by atoms with van der Waals surface area (Å²) in [5.41, 5.74) is 6.90. The minimum Gasteiger partial charge on any atom is -0.495 e. The van der Waals surface area contributed by atoms with Gasteiger partial charge in [-0.1, -0.05) is 0 Å². The third kappa shape index (κ3) is 3.29. The lowest BCUT2D eigenvalue weighted by atomic mass is 10.1. The first-order valence-corrected chi connectivity index (χ1v) is 7.63. The van der Waals surface area contributed by atoms with E-state index in [4.69, 9.17) is 10.5 Å². The van der Waals surface area contributed by atoms with Crippen molar-refractivity contribution >= 4 is 11.6 Å². The van der Waals surface area contributed by atoms with Crippen LogP contribution in [0.3, 0.4) is 0 Å². The molecule has 1 saturated carbocycles. The predicted molar refractivity (Wildman–Crippen MR) is 82.4 cm³/mol. The van der Waals surface area contributed by atoms with Gasteiger partial charge in [0.15, 0.2) is 0 Å². The lowest BCUT2D eigenvalue weighted by molar-refractivity contribution is 0.0947. The second-order valence-electron chi connectivity index (χ2n) is 6.05. The summed E-state index contributed by atoms with van der Waals surface area (Å²) in [5, 5.41) is 3.03. The fourth-order valence-electron chi connectivity index (χ4n) is 2.99. The van der Waals surface area contributed by atoms with Gasteiger partial charge in [0.2, 0.25) is 0 Å². The molecule has 1 aliphatic carbocycles. The van der Waals surface area contributed by atoms with Gasteiger partial charge in [0.25, 0.3) is 5.91 Å². The minimum atomic E-state index is -0.0572. The molecule has 0 radical (unpaired) electrons. The SMILES string of the molecule is COc1cc(C(=O)NCC2CCN(C3CC3)C2)ccc1N. The number of benzene rings is 1. The Balaban J connectivity index is 1.52. The van der Waals surface area contributed by atoms with Gasteiger partial charge in [-0.15, -0.1) is 0 Å². The molecular formula is C16H23N3O2. The lowest BCUT2D eigenvalue weighted by Crippen LogP contribution is -2.31. The van der Waals surface area contributed by atoms with E-state index in [0.29, 0.717) is 22.9 Å². The number of likely N-dealkylation sites (tertiary alicyclic amines) is 1. The zero-order chi connectivity index (χ0) is 14.8. The molecule has 5 heteroatoms. The van der Waals surface area contributed by atoms with Crippen LogP contribution in [-0.2, 0) is 0 Å². The monoisotopic (exact) mass is 289 g/mol. The van der Waals surface area contributed by atoms with Gasteiger partial charge < -0.3 is 20.7 Å². The van der Waals surface area contributed by atoms with Gasteiger partial charge in [-0.3, -0.25) is 4.79 Å². The Labute approximate surface area is 125 Å². The molecule has 1 aliphatic heterocycles. The second-order valence-corrected chi connectivity index (χ2v) is 6.05. The number of nitrogens with two attached hydrogens (primary N) is 1. The van der Waals surface area contributed by atoms with Gasteiger partial charge in [0.1, 0.15) is 5.75 Å². The third-order valence-electron chi connectivity index (χ3n) is 4.43. The number of nitrogens with one attached hydrogen (secondary N) is 1. The average molecular weight is 289 g/mol. The van der Waals surface area contributed by atoms with Crippen LogP contribution in [-0.4, -0.2) is 43.6 Å². The number of rotatable bonds is 5. The van der Waals surface area contributed by atoms with Crippen LogP contribution in [0.1, 0.15) is 29.6 Å². The number of hydrogen-bond acceptors (Lipinski definition) is 4. The molecule has 1 unspecified atom stereocenters. The molecule has 0 bridgehead atoms. The van der Waals surface area contributed by atoms with Crippen LogP contribution in [0, 0.1) is 5.92 Å². The smallest absolute Gasteiger partial charge is 0.251 e. The first-order valence-electron chi connectivity index (χ1n) is 7.63. The minimum absolute atomic E-state index is 0.0572. The van der Waals surface area contributed by atoms with Crippen LogP contribution in [0.25, 0.3) is 0 Å². The summed E-state index contributed by atoms with van der Waals surface area (Å²) in [7, 11) is 1.55. The molecule has 1 amide bonds. The molecule has 1 heterocycles. The van der Waals surface area contributed by atoms with Gasteiger partial charge >= 0.3 is 0 Å². The Morgan fingerprint density at radius 3 is 2.95 bits per heavy atom. The average Bonchev–Trinajstić information content (AvgIpc) is 3.24. The molecule has 1 aromatic rings. The molecule has 21 heavy (non-hydrogen) atoms. The molecule has 2 fully saturated rings. The zero-order valence-corrected chi connectivity index (χ0v) is 12.5. The van der Waals surface area contributed by atoms with E-state index in [9.17, 15) is 4.79 Å². The fraction of sp³-hybridized carbons (Fsp3) is 0.562. The molecule has 114 valence electrons. The summed E-state index contributed by atoms with van der Waals surface area (Å²) in [6, 6.07) is 5.96. The van der Waals surface area contributed by atoms with Gasteiger partial charge in [0.05, 0.1) is 12.8 Å². The van der Waals surface area contributed by atoms with Crippen molar-refractivity contribution in [3.63, 3.8) is 0 Å². The highest BCUT2D eigenvalue weighted by Crippen LogP contribution is 2.31. The number of anilines is 1. The Morgan fingerprint density at radius 2 is 2.24 bits per heavy atom. The second kappa shape index (κ2) is 5.93. The number of nitrogens with zero attached hydrogens (tertiary/aromatic N) is 1. The third-order valence-corrected chi connectivity index (χ3v) is 4.43. The summed E-state index contributed by atoms with van der Waals surface area (Å²) >= 11 is 0. The number of carbonyl (C=O) groups excluding carboxylic acids is 1. The Hall–Kier alpha value is -1.75. The highest BCUT2D eigenvalue weighted by Gasteiger charge is 2.34. The van der Waals surface area contributed by atoms with Gasteiger partial charge in [-0.25, -0.2) is 0 Å². The van der Waals surface area contributed by atoms with Gasteiger partial charge in [0, 0.05) is 24.7 Å². The molecule has 2 aliphatic rings. The van der Waals surface area contributed by atoms with Crippen LogP contribution >= 0.6 is 0 Å². The van der Waals surface area contributed by atoms with Crippen molar-refractivity contribution in [3.8, 4) is 5.75 Å². The Morgan fingerprint density at radius 1 is 1.43 bits per heavy atom. The Bertz CT molecular complexity index is 528. The fourth-order valence-corrected chi connectivity index (χ4v) is 2.99. The van der Waals surface area contributed by atoms with Crippen LogP contribution < -0.4 is 15.8 Å².